The molecule has 0 bridgehead atoms. The maximum absolute atomic E-state index is 11.4. The van der Waals surface area contributed by atoms with Crippen molar-refractivity contribution in [2.24, 2.45) is 5.73 Å². The van der Waals surface area contributed by atoms with Gasteiger partial charge in [-0.05, 0) is 24.6 Å². The number of rotatable bonds is 7. The molecule has 0 saturated heterocycles. The normalized spacial score (nSPS) is 13.6. The second kappa shape index (κ2) is 7.80. The monoisotopic (exact) mass is 367 g/mol. The highest BCUT2D eigenvalue weighted by molar-refractivity contribution is 7.98. The van der Waals surface area contributed by atoms with Crippen LogP contribution in [0, 0.1) is 0 Å². The van der Waals surface area contributed by atoms with Crippen LogP contribution in [0.4, 0.5) is 0 Å². The molecule has 0 fully saturated rings. The standard InChI is InChI=1S/C16H17NO5S2/c1-16(17,22-24(20)21)12-7-8-13(15(18)19)14(9-12)23-10-11-5-3-2-4-6-11/h2-9,24H,10,17H2,1H3,(H,18,19). The van der Waals surface area contributed by atoms with Crippen LogP contribution in [0.2, 0.25) is 0 Å². The van der Waals surface area contributed by atoms with Crippen molar-refractivity contribution in [1.82, 2.24) is 0 Å². The fourth-order valence-corrected chi connectivity index (χ4v) is 3.52. The third kappa shape index (κ3) is 4.81. The first-order valence-corrected chi connectivity index (χ1v) is 9.04. The van der Waals surface area contributed by atoms with E-state index in [1.165, 1.54) is 30.8 Å². The lowest BCUT2D eigenvalue weighted by atomic mass is 10.0. The van der Waals surface area contributed by atoms with Gasteiger partial charge in [-0.25, -0.2) is 17.4 Å². The number of carboxylic acids is 1. The van der Waals surface area contributed by atoms with Crippen LogP contribution in [0.5, 0.6) is 0 Å². The molecule has 0 heterocycles. The van der Waals surface area contributed by atoms with E-state index in [2.05, 4.69) is 0 Å². The first kappa shape index (κ1) is 18.5. The molecule has 0 radical (unpaired) electrons. The van der Waals surface area contributed by atoms with E-state index in [1.54, 1.807) is 6.07 Å². The average Bonchev–Trinajstić information content (AvgIpc) is 2.52. The first-order chi connectivity index (χ1) is 11.3. The van der Waals surface area contributed by atoms with E-state index >= 15 is 0 Å². The van der Waals surface area contributed by atoms with Crippen molar-refractivity contribution in [2.75, 3.05) is 0 Å². The lowest BCUT2D eigenvalue weighted by molar-refractivity contribution is 0.0691. The Morgan fingerprint density at radius 3 is 2.50 bits per heavy atom. The van der Waals surface area contributed by atoms with Gasteiger partial charge in [-0.3, -0.25) is 5.73 Å². The fraction of sp³-hybridized carbons (Fsp3) is 0.188. The molecule has 0 saturated carbocycles. The molecule has 0 spiro atoms. The van der Waals surface area contributed by atoms with Gasteiger partial charge in [0.2, 0.25) is 0 Å². The molecule has 6 nitrogen and oxygen atoms in total. The molecule has 128 valence electrons. The number of hydrogen-bond donors (Lipinski definition) is 3. The highest BCUT2D eigenvalue weighted by Crippen LogP contribution is 2.31. The van der Waals surface area contributed by atoms with Crippen molar-refractivity contribution in [1.29, 1.82) is 0 Å². The Morgan fingerprint density at radius 1 is 1.25 bits per heavy atom. The minimum absolute atomic E-state index is 0.127. The van der Waals surface area contributed by atoms with Gasteiger partial charge in [-0.1, -0.05) is 36.4 Å². The molecular weight excluding hydrogens is 350 g/mol. The van der Waals surface area contributed by atoms with Crippen LogP contribution in [0.15, 0.2) is 53.4 Å². The van der Waals surface area contributed by atoms with Crippen LogP contribution in [-0.2, 0) is 26.6 Å². The molecular formula is C16H17NO5S2. The second-order valence-corrected chi connectivity index (χ2v) is 6.86. The summed E-state index contributed by atoms with van der Waals surface area (Å²) in [6.45, 7) is 1.40. The average molecular weight is 367 g/mol. The predicted molar refractivity (Wildman–Crippen MR) is 92.3 cm³/mol. The number of thioether (sulfide) groups is 1. The molecule has 2 aromatic rings. The summed E-state index contributed by atoms with van der Waals surface area (Å²) in [7, 11) is -3.13. The van der Waals surface area contributed by atoms with Gasteiger partial charge < -0.3 is 5.11 Å². The van der Waals surface area contributed by atoms with Crippen LogP contribution in [0.25, 0.3) is 0 Å². The van der Waals surface area contributed by atoms with Gasteiger partial charge in [0.05, 0.1) is 5.56 Å². The summed E-state index contributed by atoms with van der Waals surface area (Å²) >= 11 is 1.33. The van der Waals surface area contributed by atoms with Crippen molar-refractivity contribution >= 4 is 28.7 Å². The molecule has 0 aliphatic carbocycles. The zero-order chi connectivity index (χ0) is 17.7. The Morgan fingerprint density at radius 2 is 1.92 bits per heavy atom. The topological polar surface area (TPSA) is 107 Å². The molecule has 0 amide bonds. The van der Waals surface area contributed by atoms with Gasteiger partial charge in [-0.15, -0.1) is 11.8 Å². The fourth-order valence-electron chi connectivity index (χ4n) is 2.07. The van der Waals surface area contributed by atoms with E-state index in [1.807, 2.05) is 30.3 Å². The van der Waals surface area contributed by atoms with Gasteiger partial charge in [-0.2, -0.15) is 0 Å². The molecule has 1 unspecified atom stereocenters. The summed E-state index contributed by atoms with van der Waals surface area (Å²) in [6, 6.07) is 14.0. The summed E-state index contributed by atoms with van der Waals surface area (Å²) < 4.78 is 26.3. The van der Waals surface area contributed by atoms with E-state index in [0.717, 1.165) is 5.56 Å². The van der Waals surface area contributed by atoms with E-state index in [4.69, 9.17) is 9.92 Å². The molecule has 0 aliphatic rings. The predicted octanol–water partition coefficient (Wildman–Crippen LogP) is 2.35. The number of aromatic carboxylic acids is 1. The number of benzene rings is 2. The van der Waals surface area contributed by atoms with Crippen LogP contribution in [0.1, 0.15) is 28.4 Å². The van der Waals surface area contributed by atoms with Gasteiger partial charge in [0, 0.05) is 16.2 Å². The van der Waals surface area contributed by atoms with E-state index < -0.39 is 22.7 Å². The Labute approximate surface area is 145 Å². The quantitative estimate of drug-likeness (QED) is 0.392. The molecule has 3 N–H and O–H groups in total. The SMILES string of the molecule is CC(N)(O[SH](=O)=O)c1ccc(C(=O)O)c(SCc2ccccc2)c1. The minimum Gasteiger partial charge on any atom is -0.478 e. The second-order valence-electron chi connectivity index (χ2n) is 5.21. The van der Waals surface area contributed by atoms with Gasteiger partial charge in [0.25, 0.3) is 11.0 Å². The van der Waals surface area contributed by atoms with Crippen LogP contribution in [0.3, 0.4) is 0 Å². The maximum atomic E-state index is 11.4. The first-order valence-electron chi connectivity index (χ1n) is 6.96. The molecule has 2 aromatic carbocycles. The summed E-state index contributed by atoms with van der Waals surface area (Å²) in [5, 5.41) is 9.33. The molecule has 2 rings (SSSR count). The highest BCUT2D eigenvalue weighted by Gasteiger charge is 2.25. The van der Waals surface area contributed by atoms with Crippen molar-refractivity contribution < 1.29 is 22.5 Å². The zero-order valence-corrected chi connectivity index (χ0v) is 14.5. The van der Waals surface area contributed by atoms with Crippen LogP contribution < -0.4 is 5.73 Å². The summed E-state index contributed by atoms with van der Waals surface area (Å²) in [5.74, 6) is -0.491. The maximum Gasteiger partial charge on any atom is 0.336 e. The Bertz CT molecular complexity index is 795. The van der Waals surface area contributed by atoms with Crippen LogP contribution >= 0.6 is 11.8 Å². The Hall–Kier alpha value is -1.87. The molecule has 0 aromatic heterocycles. The number of carboxylic acid groups (broad SMARTS) is 1. The number of hydrogen-bond acceptors (Lipinski definition) is 6. The van der Waals surface area contributed by atoms with Crippen LogP contribution in [-0.4, -0.2) is 19.5 Å². The number of thiol groups is 1. The summed E-state index contributed by atoms with van der Waals surface area (Å²) in [5.41, 5.74) is 5.86. The minimum atomic E-state index is -3.13. The van der Waals surface area contributed by atoms with Crippen molar-refractivity contribution in [3.8, 4) is 0 Å². The smallest absolute Gasteiger partial charge is 0.336 e. The number of carbonyl (C=O) groups is 1. The molecule has 24 heavy (non-hydrogen) atoms. The summed E-state index contributed by atoms with van der Waals surface area (Å²) in [4.78, 5) is 11.9. The lowest BCUT2D eigenvalue weighted by Gasteiger charge is -2.22. The number of nitrogens with two attached hydrogens (primary N) is 1. The Kier molecular flexibility index (Phi) is 6.00. The van der Waals surface area contributed by atoms with Crippen molar-refractivity contribution in [3.05, 3.63) is 65.2 Å². The van der Waals surface area contributed by atoms with E-state index in [-0.39, 0.29) is 5.56 Å². The lowest BCUT2D eigenvalue weighted by Crippen LogP contribution is -2.35. The third-order valence-corrected chi connectivity index (χ3v) is 4.94. The summed E-state index contributed by atoms with van der Waals surface area (Å²) in [6.07, 6.45) is 0. The largest absolute Gasteiger partial charge is 0.478 e. The zero-order valence-electron chi connectivity index (χ0n) is 12.8. The van der Waals surface area contributed by atoms with Gasteiger partial charge in [0.15, 0.2) is 5.72 Å². The van der Waals surface area contributed by atoms with Crippen molar-refractivity contribution in [3.63, 3.8) is 0 Å². The Balaban J connectivity index is 2.32. The van der Waals surface area contributed by atoms with E-state index in [9.17, 15) is 18.3 Å². The highest BCUT2D eigenvalue weighted by atomic mass is 32.2. The molecule has 8 heteroatoms. The molecule has 1 atom stereocenters. The molecule has 0 aliphatic heterocycles. The van der Waals surface area contributed by atoms with Gasteiger partial charge >= 0.3 is 5.97 Å². The third-order valence-electron chi connectivity index (χ3n) is 3.29. The van der Waals surface area contributed by atoms with Crippen molar-refractivity contribution in [2.45, 2.75) is 23.3 Å². The van der Waals surface area contributed by atoms with E-state index in [0.29, 0.717) is 16.2 Å². The van der Waals surface area contributed by atoms with Gasteiger partial charge in [0.1, 0.15) is 0 Å².